The van der Waals surface area contributed by atoms with E-state index in [1.165, 1.54) is 23.5 Å². The second kappa shape index (κ2) is 8.25. The molecule has 7 heteroatoms. The molecule has 0 aliphatic rings. The van der Waals surface area contributed by atoms with Crippen LogP contribution in [0.15, 0.2) is 70.5 Å². The second-order valence-electron chi connectivity index (χ2n) is 6.85. The zero-order valence-electron chi connectivity index (χ0n) is 16.3. The molecule has 2 heterocycles. The Balaban J connectivity index is 1.61. The van der Waals surface area contributed by atoms with Gasteiger partial charge in [-0.1, -0.05) is 42.0 Å². The Hall–Kier alpha value is -3.63. The Bertz CT molecular complexity index is 1290. The summed E-state index contributed by atoms with van der Waals surface area (Å²) in [4.78, 5) is 4.54. The maximum atomic E-state index is 13.0. The molecule has 0 saturated carbocycles. The van der Waals surface area contributed by atoms with E-state index in [1.807, 2.05) is 36.6 Å². The number of aromatic nitrogens is 1. The topological polar surface area (TPSA) is 49.8 Å². The van der Waals surface area contributed by atoms with Crippen molar-refractivity contribution < 1.29 is 17.6 Å². The number of hydrogen-bond donors (Lipinski definition) is 0. The Morgan fingerprint density at radius 1 is 1.06 bits per heavy atom. The highest BCUT2D eigenvalue weighted by atomic mass is 32.1. The van der Waals surface area contributed by atoms with Crippen molar-refractivity contribution in [1.29, 1.82) is 5.26 Å². The molecule has 0 saturated heterocycles. The van der Waals surface area contributed by atoms with Gasteiger partial charge in [0.2, 0.25) is 0 Å². The van der Waals surface area contributed by atoms with E-state index in [2.05, 4.69) is 11.1 Å². The molecule has 31 heavy (non-hydrogen) atoms. The number of nitrogens with zero attached hydrogens (tertiary/aromatic N) is 2. The van der Waals surface area contributed by atoms with E-state index >= 15 is 0 Å². The smallest absolute Gasteiger partial charge is 0.416 e. The number of thiazole rings is 1. The largest absolute Gasteiger partial charge is 0.457 e. The average molecular weight is 436 g/mol. The third-order valence-corrected chi connectivity index (χ3v) is 5.47. The van der Waals surface area contributed by atoms with Crippen LogP contribution in [0.3, 0.4) is 0 Å². The number of aryl methyl sites for hydroxylation is 1. The second-order valence-corrected chi connectivity index (χ2v) is 7.71. The summed E-state index contributed by atoms with van der Waals surface area (Å²) in [6, 6.07) is 18.2. The van der Waals surface area contributed by atoms with Crippen LogP contribution in [-0.2, 0) is 6.18 Å². The average Bonchev–Trinajstić information content (AvgIpc) is 3.42. The van der Waals surface area contributed by atoms with Crippen molar-refractivity contribution in [1.82, 2.24) is 4.98 Å². The minimum absolute atomic E-state index is 0.286. The summed E-state index contributed by atoms with van der Waals surface area (Å²) in [5.41, 5.74) is 2.74. The molecule has 3 nitrogen and oxygen atoms in total. The fourth-order valence-corrected chi connectivity index (χ4v) is 3.77. The molecule has 154 valence electrons. The van der Waals surface area contributed by atoms with Crippen molar-refractivity contribution >= 4 is 23.0 Å². The van der Waals surface area contributed by atoms with Crippen LogP contribution in [-0.4, -0.2) is 4.98 Å². The van der Waals surface area contributed by atoms with Gasteiger partial charge in [-0.15, -0.1) is 11.3 Å². The first-order chi connectivity index (χ1) is 14.8. The molecule has 0 unspecified atom stereocenters. The summed E-state index contributed by atoms with van der Waals surface area (Å²) in [5, 5.41) is 12.0. The lowest BCUT2D eigenvalue weighted by molar-refractivity contribution is -0.137. The lowest BCUT2D eigenvalue weighted by Gasteiger charge is -2.07. The minimum atomic E-state index is -4.43. The predicted octanol–water partition coefficient (Wildman–Crippen LogP) is 7.46. The Morgan fingerprint density at radius 2 is 1.84 bits per heavy atom. The number of allylic oxidation sites excluding steroid dienone is 1. The maximum Gasteiger partial charge on any atom is 0.416 e. The van der Waals surface area contributed by atoms with Crippen LogP contribution in [0.2, 0.25) is 0 Å². The standard InChI is InChI=1S/C24H15F3N2OS/c1-15-5-7-16(8-6-15)21-14-31-23(29-21)18(13-28)12-20-9-10-22(30-20)17-3-2-4-19(11-17)24(25,26)27/h2-12,14H,1H3. The van der Waals surface area contributed by atoms with E-state index in [9.17, 15) is 18.4 Å². The molecule has 0 spiro atoms. The van der Waals surface area contributed by atoms with Crippen molar-refractivity contribution in [2.75, 3.05) is 0 Å². The van der Waals surface area contributed by atoms with Gasteiger partial charge in [-0.05, 0) is 31.2 Å². The van der Waals surface area contributed by atoms with Crippen molar-refractivity contribution in [2.45, 2.75) is 13.1 Å². The van der Waals surface area contributed by atoms with Gasteiger partial charge in [0.05, 0.1) is 16.8 Å². The van der Waals surface area contributed by atoms with Crippen LogP contribution in [0.5, 0.6) is 0 Å². The molecule has 0 atom stereocenters. The lowest BCUT2D eigenvalue weighted by atomic mass is 10.1. The van der Waals surface area contributed by atoms with Gasteiger partial charge >= 0.3 is 6.18 Å². The number of nitriles is 1. The van der Waals surface area contributed by atoms with Gasteiger partial charge in [-0.2, -0.15) is 18.4 Å². The number of alkyl halides is 3. The van der Waals surface area contributed by atoms with Gasteiger partial charge < -0.3 is 4.42 Å². The van der Waals surface area contributed by atoms with Crippen molar-refractivity contribution in [3.63, 3.8) is 0 Å². The van der Waals surface area contributed by atoms with E-state index in [-0.39, 0.29) is 5.76 Å². The normalized spacial score (nSPS) is 12.0. The molecule has 0 fully saturated rings. The summed E-state index contributed by atoms with van der Waals surface area (Å²) in [6.07, 6.45) is -2.89. The SMILES string of the molecule is Cc1ccc(-c2csc(C(C#N)=Cc3ccc(-c4cccc(C(F)(F)F)c4)o3)n2)cc1. The van der Waals surface area contributed by atoms with Crippen LogP contribution in [0, 0.1) is 18.3 Å². The van der Waals surface area contributed by atoms with Crippen LogP contribution in [0.4, 0.5) is 13.2 Å². The highest BCUT2D eigenvalue weighted by molar-refractivity contribution is 7.11. The lowest BCUT2D eigenvalue weighted by Crippen LogP contribution is -2.04. The number of rotatable bonds is 4. The third kappa shape index (κ3) is 4.60. The van der Waals surface area contributed by atoms with Gasteiger partial charge in [0, 0.05) is 22.6 Å². The van der Waals surface area contributed by atoms with Crippen molar-refractivity contribution in [3.05, 3.63) is 87.9 Å². The molecule has 0 aliphatic heterocycles. The Labute approximate surface area is 180 Å². The molecule has 0 aliphatic carbocycles. The van der Waals surface area contributed by atoms with Crippen LogP contribution < -0.4 is 0 Å². The van der Waals surface area contributed by atoms with Crippen molar-refractivity contribution in [3.8, 4) is 28.7 Å². The van der Waals surface area contributed by atoms with Crippen molar-refractivity contribution in [2.24, 2.45) is 0 Å². The fourth-order valence-electron chi connectivity index (χ4n) is 2.97. The molecule has 2 aromatic heterocycles. The summed E-state index contributed by atoms with van der Waals surface area (Å²) < 4.78 is 44.5. The zero-order valence-corrected chi connectivity index (χ0v) is 17.1. The molecule has 0 amide bonds. The summed E-state index contributed by atoms with van der Waals surface area (Å²) in [7, 11) is 0. The Morgan fingerprint density at radius 3 is 2.55 bits per heavy atom. The van der Waals surface area contributed by atoms with Gasteiger partial charge in [0.1, 0.15) is 22.6 Å². The molecule has 0 bridgehead atoms. The number of furan rings is 1. The predicted molar refractivity (Wildman–Crippen MR) is 115 cm³/mol. The molecular formula is C24H15F3N2OS. The van der Waals surface area contributed by atoms with E-state index in [0.29, 0.717) is 21.9 Å². The highest BCUT2D eigenvalue weighted by Crippen LogP contribution is 2.33. The third-order valence-electron chi connectivity index (χ3n) is 4.59. The quantitative estimate of drug-likeness (QED) is 0.312. The Kier molecular flexibility index (Phi) is 5.49. The first kappa shape index (κ1) is 20.6. The molecule has 4 rings (SSSR count). The van der Waals surface area contributed by atoms with Gasteiger partial charge in [0.15, 0.2) is 0 Å². The van der Waals surface area contributed by atoms with E-state index < -0.39 is 11.7 Å². The molecule has 2 aromatic carbocycles. The van der Waals surface area contributed by atoms with E-state index in [4.69, 9.17) is 4.42 Å². The first-order valence-corrected chi connectivity index (χ1v) is 10.1. The van der Waals surface area contributed by atoms with Crippen LogP contribution >= 0.6 is 11.3 Å². The van der Waals surface area contributed by atoms with Gasteiger partial charge in [-0.3, -0.25) is 0 Å². The minimum Gasteiger partial charge on any atom is -0.457 e. The van der Waals surface area contributed by atoms with E-state index in [1.54, 1.807) is 18.2 Å². The summed E-state index contributed by atoms with van der Waals surface area (Å²) in [6.45, 7) is 2.00. The summed E-state index contributed by atoms with van der Waals surface area (Å²) >= 11 is 1.34. The first-order valence-electron chi connectivity index (χ1n) is 9.26. The molecular weight excluding hydrogens is 421 g/mol. The molecule has 4 aromatic rings. The molecule has 0 N–H and O–H groups in total. The van der Waals surface area contributed by atoms with E-state index in [0.717, 1.165) is 29.0 Å². The van der Waals surface area contributed by atoms with Gasteiger partial charge in [-0.25, -0.2) is 4.98 Å². The maximum absolute atomic E-state index is 13.0. The van der Waals surface area contributed by atoms with Crippen LogP contribution in [0.1, 0.15) is 21.9 Å². The number of hydrogen-bond acceptors (Lipinski definition) is 4. The molecule has 0 radical (unpaired) electrons. The zero-order chi connectivity index (χ0) is 22.0. The van der Waals surface area contributed by atoms with Gasteiger partial charge in [0.25, 0.3) is 0 Å². The summed E-state index contributed by atoms with van der Waals surface area (Å²) in [5.74, 6) is 0.644. The number of benzene rings is 2. The highest BCUT2D eigenvalue weighted by Gasteiger charge is 2.30. The fraction of sp³-hybridized carbons (Fsp3) is 0.0833. The number of halogens is 3. The monoisotopic (exact) mass is 436 g/mol. The van der Waals surface area contributed by atoms with Crippen LogP contribution in [0.25, 0.3) is 34.2 Å².